The van der Waals surface area contributed by atoms with Gasteiger partial charge in [0, 0.05) is 11.7 Å². The number of fused-ring (bicyclic) bond motifs is 3. The molecule has 19 heavy (non-hydrogen) atoms. The van der Waals surface area contributed by atoms with E-state index in [-0.39, 0.29) is 0 Å². The van der Waals surface area contributed by atoms with Crippen LogP contribution in [0.15, 0.2) is 54.6 Å². The minimum Gasteiger partial charge on any atom is -0.334 e. The van der Waals surface area contributed by atoms with Crippen LogP contribution in [0.25, 0.3) is 0 Å². The van der Waals surface area contributed by atoms with Crippen molar-refractivity contribution in [2.45, 2.75) is 18.6 Å². The number of hydrogen-bond acceptors (Lipinski definition) is 2. The molecule has 3 heteroatoms. The molecule has 96 valence electrons. The SMILES string of the molecule is CN1[C@H]2c3ccccc3C[C@H]2OP1c1ccccc1. The summed E-state index contributed by atoms with van der Waals surface area (Å²) in [4.78, 5) is 0. The van der Waals surface area contributed by atoms with E-state index < -0.39 is 8.30 Å². The van der Waals surface area contributed by atoms with Gasteiger partial charge in [0.05, 0.1) is 12.1 Å². The fraction of sp³-hybridized carbons (Fsp3) is 0.250. The van der Waals surface area contributed by atoms with Gasteiger partial charge in [-0.05, 0) is 18.2 Å². The van der Waals surface area contributed by atoms with Crippen LogP contribution in [-0.4, -0.2) is 17.8 Å². The van der Waals surface area contributed by atoms with Crippen LogP contribution in [0.4, 0.5) is 0 Å². The lowest BCUT2D eigenvalue weighted by Crippen LogP contribution is -2.19. The predicted molar refractivity (Wildman–Crippen MR) is 78.5 cm³/mol. The topological polar surface area (TPSA) is 12.5 Å². The van der Waals surface area contributed by atoms with Crippen molar-refractivity contribution in [1.82, 2.24) is 4.67 Å². The first kappa shape index (κ1) is 11.6. The van der Waals surface area contributed by atoms with Gasteiger partial charge in [0.2, 0.25) is 0 Å². The van der Waals surface area contributed by atoms with Crippen LogP contribution >= 0.6 is 8.30 Å². The van der Waals surface area contributed by atoms with Crippen LogP contribution in [0, 0.1) is 0 Å². The van der Waals surface area contributed by atoms with Gasteiger partial charge in [-0.3, -0.25) is 0 Å². The quantitative estimate of drug-likeness (QED) is 0.737. The summed E-state index contributed by atoms with van der Waals surface area (Å²) in [5.41, 5.74) is 2.91. The van der Waals surface area contributed by atoms with Gasteiger partial charge in [-0.15, -0.1) is 0 Å². The molecule has 4 rings (SSSR count). The van der Waals surface area contributed by atoms with Crippen LogP contribution in [0.1, 0.15) is 17.2 Å². The van der Waals surface area contributed by atoms with Crippen LogP contribution in [0.2, 0.25) is 0 Å². The molecule has 2 aromatic rings. The Hall–Kier alpha value is -1.21. The zero-order chi connectivity index (χ0) is 12.8. The molecule has 0 bridgehead atoms. The molecule has 2 nitrogen and oxygen atoms in total. The summed E-state index contributed by atoms with van der Waals surface area (Å²) in [6.45, 7) is 0. The molecular formula is C16H16NOP. The van der Waals surface area contributed by atoms with Gasteiger partial charge in [0.1, 0.15) is 8.30 Å². The second-order valence-corrected chi connectivity index (χ2v) is 7.08. The predicted octanol–water partition coefficient (Wildman–Crippen LogP) is 3.25. The molecule has 2 aromatic carbocycles. The second kappa shape index (κ2) is 4.42. The second-order valence-electron chi connectivity index (χ2n) is 5.17. The van der Waals surface area contributed by atoms with Crippen molar-refractivity contribution in [3.05, 3.63) is 65.7 Å². The first-order chi connectivity index (χ1) is 9.34. The molecule has 0 amide bonds. The van der Waals surface area contributed by atoms with Gasteiger partial charge < -0.3 is 4.52 Å². The van der Waals surface area contributed by atoms with Gasteiger partial charge >= 0.3 is 0 Å². The Morgan fingerprint density at radius 2 is 1.79 bits per heavy atom. The average molecular weight is 269 g/mol. The highest BCUT2D eigenvalue weighted by Gasteiger charge is 2.46. The monoisotopic (exact) mass is 269 g/mol. The van der Waals surface area contributed by atoms with E-state index in [0.717, 1.165) is 6.42 Å². The lowest BCUT2D eigenvalue weighted by molar-refractivity contribution is 0.223. The van der Waals surface area contributed by atoms with E-state index in [4.69, 9.17) is 4.52 Å². The first-order valence-electron chi connectivity index (χ1n) is 6.67. The van der Waals surface area contributed by atoms with Crippen LogP contribution in [0.5, 0.6) is 0 Å². The Kier molecular flexibility index (Phi) is 2.70. The summed E-state index contributed by atoms with van der Waals surface area (Å²) in [6, 6.07) is 19.8. The normalized spacial score (nSPS) is 29.2. The standard InChI is InChI=1S/C16H16NOP/c1-17-16-14-10-6-5-7-12(14)11-15(16)18-19(17)13-8-3-2-4-9-13/h2-10,15-16H,11H2,1H3/t15-,16+,19?/m1/s1. The van der Waals surface area contributed by atoms with Gasteiger partial charge in [-0.1, -0.05) is 54.6 Å². The first-order valence-corrected chi connectivity index (χ1v) is 7.88. The third-order valence-electron chi connectivity index (χ3n) is 4.05. The molecular weight excluding hydrogens is 253 g/mol. The van der Waals surface area contributed by atoms with E-state index >= 15 is 0 Å². The minimum atomic E-state index is -0.626. The Morgan fingerprint density at radius 3 is 2.63 bits per heavy atom. The lowest BCUT2D eigenvalue weighted by atomic mass is 10.1. The largest absolute Gasteiger partial charge is 0.334 e. The molecule has 1 saturated heterocycles. The number of rotatable bonds is 1. The Balaban J connectivity index is 1.70. The molecule has 2 aliphatic rings. The summed E-state index contributed by atoms with van der Waals surface area (Å²) < 4.78 is 8.79. The van der Waals surface area contributed by atoms with E-state index in [0.29, 0.717) is 12.1 Å². The number of likely N-dealkylation sites (N-methyl/N-ethyl adjacent to an activating group) is 1. The van der Waals surface area contributed by atoms with E-state index in [9.17, 15) is 0 Å². The van der Waals surface area contributed by atoms with Crippen molar-refractivity contribution in [3.63, 3.8) is 0 Å². The zero-order valence-corrected chi connectivity index (χ0v) is 11.8. The Morgan fingerprint density at radius 1 is 1.05 bits per heavy atom. The number of nitrogens with zero attached hydrogens (tertiary/aromatic N) is 1. The van der Waals surface area contributed by atoms with Gasteiger partial charge in [0.15, 0.2) is 0 Å². The summed E-state index contributed by atoms with van der Waals surface area (Å²) in [5.74, 6) is 0. The van der Waals surface area contributed by atoms with Crippen LogP contribution < -0.4 is 5.30 Å². The summed E-state index contributed by atoms with van der Waals surface area (Å²) in [5, 5.41) is 1.31. The molecule has 1 unspecified atom stereocenters. The number of hydrogen-bond donors (Lipinski definition) is 0. The van der Waals surface area contributed by atoms with Crippen LogP contribution in [0.3, 0.4) is 0 Å². The molecule has 0 N–H and O–H groups in total. The zero-order valence-electron chi connectivity index (χ0n) is 10.9. The fourth-order valence-corrected chi connectivity index (χ4v) is 5.20. The third-order valence-corrected chi connectivity index (χ3v) is 6.08. The Labute approximate surface area is 114 Å². The minimum absolute atomic E-state index is 0.328. The summed E-state index contributed by atoms with van der Waals surface area (Å²) >= 11 is 0. The highest BCUT2D eigenvalue weighted by molar-refractivity contribution is 7.58. The van der Waals surface area contributed by atoms with Crippen molar-refractivity contribution < 1.29 is 4.52 Å². The molecule has 1 aliphatic heterocycles. The van der Waals surface area contributed by atoms with Crippen molar-refractivity contribution in [2.24, 2.45) is 0 Å². The van der Waals surface area contributed by atoms with E-state index in [2.05, 4.69) is 66.3 Å². The molecule has 0 aromatic heterocycles. The Bertz CT molecular complexity index is 601. The van der Waals surface area contributed by atoms with Crippen LogP contribution in [-0.2, 0) is 10.9 Å². The van der Waals surface area contributed by atoms with Crippen molar-refractivity contribution in [1.29, 1.82) is 0 Å². The summed E-state index contributed by atoms with van der Waals surface area (Å²) in [6.07, 6.45) is 1.38. The smallest absolute Gasteiger partial charge is 0.138 e. The van der Waals surface area contributed by atoms with E-state index in [1.807, 2.05) is 0 Å². The lowest BCUT2D eigenvalue weighted by Gasteiger charge is -2.22. The van der Waals surface area contributed by atoms with E-state index in [1.54, 1.807) is 0 Å². The van der Waals surface area contributed by atoms with Crippen molar-refractivity contribution in [3.8, 4) is 0 Å². The fourth-order valence-electron chi connectivity index (χ4n) is 3.19. The molecule has 1 aliphatic carbocycles. The van der Waals surface area contributed by atoms with Gasteiger partial charge in [0.25, 0.3) is 0 Å². The molecule has 1 fully saturated rings. The van der Waals surface area contributed by atoms with Crippen molar-refractivity contribution >= 4 is 13.6 Å². The highest BCUT2D eigenvalue weighted by atomic mass is 31.2. The van der Waals surface area contributed by atoms with E-state index in [1.165, 1.54) is 16.4 Å². The van der Waals surface area contributed by atoms with Gasteiger partial charge in [-0.2, -0.15) is 0 Å². The maximum atomic E-state index is 6.36. The van der Waals surface area contributed by atoms with Crippen molar-refractivity contribution in [2.75, 3.05) is 7.05 Å². The molecule has 3 atom stereocenters. The highest BCUT2D eigenvalue weighted by Crippen LogP contribution is 2.58. The maximum absolute atomic E-state index is 6.36. The molecule has 0 radical (unpaired) electrons. The molecule has 1 heterocycles. The number of benzene rings is 2. The average Bonchev–Trinajstić information content (AvgIpc) is 2.97. The maximum Gasteiger partial charge on any atom is 0.138 e. The summed E-state index contributed by atoms with van der Waals surface area (Å²) in [7, 11) is 1.57. The van der Waals surface area contributed by atoms with Gasteiger partial charge in [-0.25, -0.2) is 4.67 Å². The third kappa shape index (κ3) is 1.75. The molecule has 0 saturated carbocycles. The molecule has 0 spiro atoms.